The summed E-state index contributed by atoms with van der Waals surface area (Å²) >= 11 is 0. The molecule has 0 N–H and O–H groups in total. The first kappa shape index (κ1) is 13.6. The van der Waals surface area contributed by atoms with Crippen LogP contribution in [-0.4, -0.2) is 12.5 Å². The van der Waals surface area contributed by atoms with Gasteiger partial charge in [-0.3, -0.25) is 4.79 Å². The van der Waals surface area contributed by atoms with Gasteiger partial charge in [-0.15, -0.1) is 0 Å². The van der Waals surface area contributed by atoms with E-state index in [4.69, 9.17) is 9.15 Å². The monoisotopic (exact) mass is 297 g/mol. The molecule has 1 fully saturated rings. The van der Waals surface area contributed by atoms with Gasteiger partial charge in [-0.2, -0.15) is 0 Å². The number of carbonyl (C=O) groups is 1. The van der Waals surface area contributed by atoms with E-state index in [1.807, 2.05) is 42.2 Å². The molecule has 0 aliphatic carbocycles. The highest BCUT2D eigenvalue weighted by atomic mass is 16.5. The molecule has 4 heteroatoms. The highest BCUT2D eigenvalue weighted by molar-refractivity contribution is 5.95. The largest absolute Gasteiger partial charge is 0.467 e. The molecule has 3 heterocycles. The minimum absolute atomic E-state index is 0.0483. The van der Waals surface area contributed by atoms with Crippen LogP contribution in [0.15, 0.2) is 47.1 Å². The van der Waals surface area contributed by atoms with Crippen molar-refractivity contribution in [1.82, 2.24) is 0 Å². The molecule has 0 radical (unpaired) electrons. The SMILES string of the molecule is CCC(=O)N1c2ccccc2[C@@H]2OCC[C@@H]2[C@H]1c1ccco1. The van der Waals surface area contributed by atoms with E-state index < -0.39 is 0 Å². The number of hydrogen-bond donors (Lipinski definition) is 0. The number of furan rings is 1. The lowest BCUT2D eigenvalue weighted by atomic mass is 9.81. The molecule has 2 aliphatic rings. The van der Waals surface area contributed by atoms with Crippen LogP contribution in [-0.2, 0) is 9.53 Å². The first-order valence-corrected chi connectivity index (χ1v) is 7.87. The number of hydrogen-bond acceptors (Lipinski definition) is 3. The maximum atomic E-state index is 12.7. The van der Waals surface area contributed by atoms with Crippen molar-refractivity contribution in [2.75, 3.05) is 11.5 Å². The fourth-order valence-corrected chi connectivity index (χ4v) is 3.80. The first-order valence-electron chi connectivity index (χ1n) is 7.87. The number of nitrogens with zero attached hydrogens (tertiary/aromatic N) is 1. The molecular formula is C18H19NO3. The summed E-state index contributed by atoms with van der Waals surface area (Å²) in [6, 6.07) is 11.8. The molecule has 1 amide bonds. The fourth-order valence-electron chi connectivity index (χ4n) is 3.80. The molecule has 1 saturated heterocycles. The highest BCUT2D eigenvalue weighted by Crippen LogP contribution is 2.53. The van der Waals surface area contributed by atoms with Gasteiger partial charge in [0.15, 0.2) is 0 Å². The Morgan fingerprint density at radius 1 is 1.27 bits per heavy atom. The van der Waals surface area contributed by atoms with E-state index in [-0.39, 0.29) is 24.0 Å². The summed E-state index contributed by atoms with van der Waals surface area (Å²) in [5.41, 5.74) is 2.08. The lowest BCUT2D eigenvalue weighted by Crippen LogP contribution is -2.43. The Hall–Kier alpha value is -2.07. The van der Waals surface area contributed by atoms with Gasteiger partial charge in [-0.1, -0.05) is 25.1 Å². The molecule has 1 aromatic heterocycles. The summed E-state index contributed by atoms with van der Waals surface area (Å²) in [7, 11) is 0. The number of para-hydroxylation sites is 1. The summed E-state index contributed by atoms with van der Waals surface area (Å²) in [4.78, 5) is 14.6. The van der Waals surface area contributed by atoms with Crippen LogP contribution in [0.4, 0.5) is 5.69 Å². The van der Waals surface area contributed by atoms with Gasteiger partial charge in [-0.05, 0) is 24.6 Å². The number of carbonyl (C=O) groups excluding carboxylic acids is 1. The quantitative estimate of drug-likeness (QED) is 0.845. The Bertz CT molecular complexity index is 679. The zero-order chi connectivity index (χ0) is 15.1. The topological polar surface area (TPSA) is 42.7 Å². The predicted molar refractivity (Wildman–Crippen MR) is 82.5 cm³/mol. The second-order valence-corrected chi connectivity index (χ2v) is 5.88. The van der Waals surface area contributed by atoms with Crippen LogP contribution in [0.1, 0.15) is 43.2 Å². The van der Waals surface area contributed by atoms with E-state index in [9.17, 15) is 4.79 Å². The number of benzene rings is 1. The molecule has 0 spiro atoms. The smallest absolute Gasteiger partial charge is 0.227 e. The summed E-state index contributed by atoms with van der Waals surface area (Å²) < 4.78 is 11.7. The summed E-state index contributed by atoms with van der Waals surface area (Å²) in [6.07, 6.45) is 3.14. The van der Waals surface area contributed by atoms with E-state index in [1.165, 1.54) is 0 Å². The fraction of sp³-hybridized carbons (Fsp3) is 0.389. The van der Waals surface area contributed by atoms with Crippen molar-refractivity contribution in [3.05, 3.63) is 54.0 Å². The summed E-state index contributed by atoms with van der Waals surface area (Å²) in [6.45, 7) is 2.64. The standard InChI is InChI=1S/C18H19NO3/c1-2-16(20)19-14-7-4-3-6-12(14)18-13(9-11-22-18)17(19)15-8-5-10-21-15/h3-8,10,13,17-18H,2,9,11H2,1H3/t13-,17+,18+/m1/s1. The number of ether oxygens (including phenoxy) is 1. The summed E-state index contributed by atoms with van der Waals surface area (Å²) in [5, 5.41) is 0. The van der Waals surface area contributed by atoms with E-state index in [0.717, 1.165) is 30.0 Å². The molecule has 4 rings (SSSR count). The van der Waals surface area contributed by atoms with Gasteiger partial charge >= 0.3 is 0 Å². The zero-order valence-corrected chi connectivity index (χ0v) is 12.6. The molecular weight excluding hydrogens is 278 g/mol. The van der Waals surface area contributed by atoms with Gasteiger partial charge in [-0.25, -0.2) is 0 Å². The van der Waals surface area contributed by atoms with Gasteiger partial charge < -0.3 is 14.1 Å². The zero-order valence-electron chi connectivity index (χ0n) is 12.6. The Balaban J connectivity index is 1.90. The lowest BCUT2D eigenvalue weighted by Gasteiger charge is -2.42. The van der Waals surface area contributed by atoms with Gasteiger partial charge in [0.1, 0.15) is 11.8 Å². The van der Waals surface area contributed by atoms with Gasteiger partial charge in [0, 0.05) is 24.5 Å². The molecule has 0 saturated carbocycles. The van der Waals surface area contributed by atoms with E-state index in [0.29, 0.717) is 6.42 Å². The molecule has 3 atom stereocenters. The van der Waals surface area contributed by atoms with Crippen LogP contribution >= 0.6 is 0 Å². The van der Waals surface area contributed by atoms with Crippen molar-refractivity contribution < 1.29 is 13.9 Å². The van der Waals surface area contributed by atoms with Crippen LogP contribution in [0.2, 0.25) is 0 Å². The van der Waals surface area contributed by atoms with E-state index in [2.05, 4.69) is 6.07 Å². The number of anilines is 1. The number of rotatable bonds is 2. The Morgan fingerprint density at radius 2 is 2.14 bits per heavy atom. The molecule has 2 aliphatic heterocycles. The first-order chi connectivity index (χ1) is 10.8. The average molecular weight is 297 g/mol. The van der Waals surface area contributed by atoms with Gasteiger partial charge in [0.25, 0.3) is 0 Å². The molecule has 114 valence electrons. The third kappa shape index (κ3) is 1.91. The third-order valence-electron chi connectivity index (χ3n) is 4.73. The second kappa shape index (κ2) is 5.29. The van der Waals surface area contributed by atoms with Crippen LogP contribution in [0, 0.1) is 5.92 Å². The van der Waals surface area contributed by atoms with Crippen molar-refractivity contribution in [1.29, 1.82) is 0 Å². The number of fused-ring (bicyclic) bond motifs is 3. The van der Waals surface area contributed by atoms with Crippen molar-refractivity contribution in [2.45, 2.75) is 31.9 Å². The van der Waals surface area contributed by atoms with Crippen LogP contribution in [0.5, 0.6) is 0 Å². The molecule has 2 aromatic rings. The Morgan fingerprint density at radius 3 is 2.91 bits per heavy atom. The third-order valence-corrected chi connectivity index (χ3v) is 4.73. The van der Waals surface area contributed by atoms with Crippen molar-refractivity contribution in [2.24, 2.45) is 5.92 Å². The molecule has 0 bridgehead atoms. The second-order valence-electron chi connectivity index (χ2n) is 5.88. The van der Waals surface area contributed by atoms with E-state index in [1.54, 1.807) is 6.26 Å². The minimum Gasteiger partial charge on any atom is -0.467 e. The van der Waals surface area contributed by atoms with Crippen LogP contribution < -0.4 is 4.90 Å². The lowest BCUT2D eigenvalue weighted by molar-refractivity contribution is -0.119. The average Bonchev–Trinajstić information content (AvgIpc) is 3.24. The van der Waals surface area contributed by atoms with Crippen LogP contribution in [0.3, 0.4) is 0 Å². The van der Waals surface area contributed by atoms with Crippen molar-refractivity contribution in [3.8, 4) is 0 Å². The van der Waals surface area contributed by atoms with Gasteiger partial charge in [0.2, 0.25) is 5.91 Å². The predicted octanol–water partition coefficient (Wildman–Crippen LogP) is 3.86. The molecule has 1 aromatic carbocycles. The van der Waals surface area contributed by atoms with Crippen molar-refractivity contribution in [3.63, 3.8) is 0 Å². The molecule has 4 nitrogen and oxygen atoms in total. The highest BCUT2D eigenvalue weighted by Gasteiger charge is 2.47. The Labute approximate surface area is 129 Å². The maximum Gasteiger partial charge on any atom is 0.227 e. The summed E-state index contributed by atoms with van der Waals surface area (Å²) in [5.74, 6) is 1.22. The van der Waals surface area contributed by atoms with Crippen molar-refractivity contribution >= 4 is 11.6 Å². The normalized spacial score (nSPS) is 26.6. The molecule has 0 unspecified atom stereocenters. The molecule has 22 heavy (non-hydrogen) atoms. The van der Waals surface area contributed by atoms with Gasteiger partial charge in [0.05, 0.1) is 18.1 Å². The van der Waals surface area contributed by atoms with Crippen LogP contribution in [0.25, 0.3) is 0 Å². The minimum atomic E-state index is -0.0788. The van der Waals surface area contributed by atoms with E-state index >= 15 is 0 Å². The maximum absolute atomic E-state index is 12.7. The Kier molecular flexibility index (Phi) is 3.26. The number of amides is 1.